The smallest absolute Gasteiger partial charge is 0.416 e. The monoisotopic (exact) mass is 447 g/mol. The number of pyridine rings is 1. The van der Waals surface area contributed by atoms with Crippen LogP contribution in [0.4, 0.5) is 18.9 Å². The Labute approximate surface area is 174 Å². The summed E-state index contributed by atoms with van der Waals surface area (Å²) >= 11 is 5.89. The molecule has 0 saturated carbocycles. The number of amides is 1. The number of hydrogen-bond donors (Lipinski definition) is 1. The number of hydrogen-bond acceptors (Lipinski definition) is 6. The first kappa shape index (κ1) is 23.2. The second-order valence-corrected chi connectivity index (χ2v) is 6.25. The number of alkyl halides is 3. The zero-order valence-electron chi connectivity index (χ0n) is 15.7. The first-order valence-corrected chi connectivity index (χ1v) is 9.06. The van der Waals surface area contributed by atoms with Crippen molar-refractivity contribution in [2.24, 2.45) is 0 Å². The molecule has 0 aliphatic rings. The molecule has 2 aromatic rings. The fourth-order valence-corrected chi connectivity index (χ4v) is 2.49. The first-order chi connectivity index (χ1) is 14.1. The molecule has 0 spiro atoms. The fourth-order valence-electron chi connectivity index (χ4n) is 2.29. The van der Waals surface area contributed by atoms with Gasteiger partial charge in [-0.2, -0.15) is 18.2 Å². The molecule has 0 fully saturated rings. The second-order valence-electron chi connectivity index (χ2n) is 5.84. The highest BCUT2D eigenvalue weighted by atomic mass is 35.5. The normalized spacial score (nSPS) is 11.1. The molecule has 0 atom stereocenters. The number of nitro groups is 1. The van der Waals surface area contributed by atoms with E-state index in [1.807, 2.05) is 0 Å². The van der Waals surface area contributed by atoms with Crippen molar-refractivity contribution in [1.29, 1.82) is 0 Å². The van der Waals surface area contributed by atoms with Gasteiger partial charge in [0.2, 0.25) is 11.8 Å². The quantitative estimate of drug-likeness (QED) is 0.350. The van der Waals surface area contributed by atoms with Crippen molar-refractivity contribution in [2.45, 2.75) is 19.5 Å². The molecule has 0 radical (unpaired) electrons. The first-order valence-electron chi connectivity index (χ1n) is 8.69. The number of nitrogens with zero attached hydrogens (tertiary/aromatic N) is 2. The standard InChI is InChI=1S/C18H17ClF3N3O5/c1-2-29-15-8-11(18(20,21)22)9-16(24-15)30-7-3-6-23-17(26)13-10-12(25(27)28)4-5-14(13)19/h4-5,8-10H,2-3,6-7H2,1H3,(H,23,26). The van der Waals surface area contributed by atoms with Crippen molar-refractivity contribution in [3.05, 3.63) is 56.6 Å². The number of nitro benzene ring substituents is 1. The van der Waals surface area contributed by atoms with Crippen LogP contribution in [0.1, 0.15) is 29.3 Å². The molecule has 1 aromatic heterocycles. The second kappa shape index (κ2) is 10.1. The van der Waals surface area contributed by atoms with Crippen molar-refractivity contribution >= 4 is 23.2 Å². The van der Waals surface area contributed by atoms with E-state index in [-0.39, 0.29) is 54.2 Å². The molecule has 0 aliphatic carbocycles. The van der Waals surface area contributed by atoms with E-state index < -0.39 is 22.6 Å². The van der Waals surface area contributed by atoms with E-state index >= 15 is 0 Å². The van der Waals surface area contributed by atoms with Crippen LogP contribution in [0, 0.1) is 10.1 Å². The highest BCUT2D eigenvalue weighted by Gasteiger charge is 2.32. The molecule has 1 aromatic carbocycles. The lowest BCUT2D eigenvalue weighted by molar-refractivity contribution is -0.384. The van der Waals surface area contributed by atoms with E-state index in [0.29, 0.717) is 0 Å². The minimum Gasteiger partial charge on any atom is -0.478 e. The largest absolute Gasteiger partial charge is 0.478 e. The number of carbonyl (C=O) groups is 1. The number of halogens is 4. The number of aromatic nitrogens is 1. The topological polar surface area (TPSA) is 104 Å². The summed E-state index contributed by atoms with van der Waals surface area (Å²) < 4.78 is 49.1. The third kappa shape index (κ3) is 6.48. The van der Waals surface area contributed by atoms with Gasteiger partial charge in [0.05, 0.1) is 34.3 Å². The Morgan fingerprint density at radius 1 is 1.23 bits per heavy atom. The third-order valence-electron chi connectivity index (χ3n) is 3.66. The molecule has 0 saturated heterocycles. The number of rotatable bonds is 9. The maximum atomic E-state index is 13.0. The average Bonchev–Trinajstić information content (AvgIpc) is 2.67. The molecule has 8 nitrogen and oxygen atoms in total. The lowest BCUT2D eigenvalue weighted by Gasteiger charge is -2.12. The van der Waals surface area contributed by atoms with Gasteiger partial charge in [-0.05, 0) is 19.4 Å². The summed E-state index contributed by atoms with van der Waals surface area (Å²) in [6.45, 7) is 1.80. The average molecular weight is 448 g/mol. The minimum absolute atomic E-state index is 0.0389. The molecular weight excluding hydrogens is 431 g/mol. The van der Waals surface area contributed by atoms with Crippen LogP contribution in [0.25, 0.3) is 0 Å². The maximum absolute atomic E-state index is 13.0. The Morgan fingerprint density at radius 3 is 2.50 bits per heavy atom. The summed E-state index contributed by atoms with van der Waals surface area (Å²) in [4.78, 5) is 26.1. The van der Waals surface area contributed by atoms with Crippen LogP contribution in [0.5, 0.6) is 11.8 Å². The van der Waals surface area contributed by atoms with Gasteiger partial charge in [-0.1, -0.05) is 11.6 Å². The van der Waals surface area contributed by atoms with E-state index in [1.165, 1.54) is 12.1 Å². The lowest BCUT2D eigenvalue weighted by Crippen LogP contribution is -2.26. The minimum atomic E-state index is -4.58. The molecule has 0 unspecified atom stereocenters. The number of carbonyl (C=O) groups excluding carboxylic acids is 1. The summed E-state index contributed by atoms with van der Waals surface area (Å²) in [5.74, 6) is -1.10. The molecule has 30 heavy (non-hydrogen) atoms. The van der Waals surface area contributed by atoms with Crippen LogP contribution in [-0.2, 0) is 6.18 Å². The van der Waals surface area contributed by atoms with Crippen molar-refractivity contribution in [1.82, 2.24) is 10.3 Å². The Morgan fingerprint density at radius 2 is 1.90 bits per heavy atom. The predicted molar refractivity (Wildman–Crippen MR) is 101 cm³/mol. The lowest BCUT2D eigenvalue weighted by atomic mass is 10.2. The van der Waals surface area contributed by atoms with Crippen LogP contribution < -0.4 is 14.8 Å². The third-order valence-corrected chi connectivity index (χ3v) is 3.99. The van der Waals surface area contributed by atoms with Crippen LogP contribution in [0.15, 0.2) is 30.3 Å². The number of nitrogens with one attached hydrogen (secondary N) is 1. The van der Waals surface area contributed by atoms with Gasteiger partial charge < -0.3 is 14.8 Å². The maximum Gasteiger partial charge on any atom is 0.416 e. The van der Waals surface area contributed by atoms with Crippen LogP contribution >= 0.6 is 11.6 Å². The van der Waals surface area contributed by atoms with E-state index in [0.717, 1.165) is 18.2 Å². The van der Waals surface area contributed by atoms with E-state index in [4.69, 9.17) is 21.1 Å². The van der Waals surface area contributed by atoms with Crippen LogP contribution in [0.3, 0.4) is 0 Å². The van der Waals surface area contributed by atoms with E-state index in [2.05, 4.69) is 10.3 Å². The van der Waals surface area contributed by atoms with E-state index in [9.17, 15) is 28.1 Å². The van der Waals surface area contributed by atoms with Gasteiger partial charge in [-0.25, -0.2) is 0 Å². The Hall–Kier alpha value is -3.08. The fraction of sp³-hybridized carbons (Fsp3) is 0.333. The summed E-state index contributed by atoms with van der Waals surface area (Å²) in [6, 6.07) is 5.00. The summed E-state index contributed by atoms with van der Waals surface area (Å²) in [5.41, 5.74) is -1.30. The summed E-state index contributed by atoms with van der Waals surface area (Å²) in [6.07, 6.45) is -4.35. The van der Waals surface area contributed by atoms with Gasteiger partial charge in [0.15, 0.2) is 0 Å². The molecule has 2 rings (SSSR count). The zero-order valence-corrected chi connectivity index (χ0v) is 16.4. The van der Waals surface area contributed by atoms with Crippen LogP contribution in [-0.4, -0.2) is 35.6 Å². The van der Waals surface area contributed by atoms with E-state index in [1.54, 1.807) is 6.92 Å². The van der Waals surface area contributed by atoms with Gasteiger partial charge in [-0.15, -0.1) is 0 Å². The molecule has 1 amide bonds. The highest BCUT2D eigenvalue weighted by Crippen LogP contribution is 2.33. The predicted octanol–water partition coefficient (Wildman–Crippen LogP) is 4.26. The summed E-state index contributed by atoms with van der Waals surface area (Å²) in [5, 5.41) is 13.4. The SMILES string of the molecule is CCOc1cc(C(F)(F)F)cc(OCCCNC(=O)c2cc([N+](=O)[O-])ccc2Cl)n1. The van der Waals surface area contributed by atoms with Crippen molar-refractivity contribution in [3.63, 3.8) is 0 Å². The zero-order chi connectivity index (χ0) is 22.3. The van der Waals surface area contributed by atoms with Crippen LogP contribution in [0.2, 0.25) is 5.02 Å². The van der Waals surface area contributed by atoms with Gasteiger partial charge >= 0.3 is 6.18 Å². The molecule has 0 aliphatic heterocycles. The molecule has 12 heteroatoms. The Kier molecular flexibility index (Phi) is 7.81. The van der Waals surface area contributed by atoms with Gasteiger partial charge in [0, 0.05) is 30.8 Å². The van der Waals surface area contributed by atoms with Gasteiger partial charge in [-0.3, -0.25) is 14.9 Å². The Balaban J connectivity index is 1.91. The van der Waals surface area contributed by atoms with Gasteiger partial charge in [0.25, 0.3) is 11.6 Å². The molecule has 162 valence electrons. The summed E-state index contributed by atoms with van der Waals surface area (Å²) in [7, 11) is 0. The van der Waals surface area contributed by atoms with Crippen molar-refractivity contribution < 1.29 is 32.4 Å². The Bertz CT molecular complexity index is 924. The number of benzene rings is 1. The number of non-ortho nitro benzene ring substituents is 1. The van der Waals surface area contributed by atoms with Crippen molar-refractivity contribution in [3.8, 4) is 11.8 Å². The number of ether oxygens (including phenoxy) is 2. The molecule has 0 bridgehead atoms. The highest BCUT2D eigenvalue weighted by molar-refractivity contribution is 6.33. The molecule has 1 N–H and O–H groups in total. The van der Waals surface area contributed by atoms with Gasteiger partial charge in [0.1, 0.15) is 0 Å². The molecule has 1 heterocycles. The molecular formula is C18H17ClF3N3O5. The van der Waals surface area contributed by atoms with Crippen molar-refractivity contribution in [2.75, 3.05) is 19.8 Å².